The molecule has 16 heavy (non-hydrogen) atoms. The SMILES string of the molecule is CCNC(C)c1ccn(CCCC(C)C)c1. The quantitative estimate of drug-likeness (QED) is 0.746. The van der Waals surface area contributed by atoms with Gasteiger partial charge in [0.1, 0.15) is 0 Å². The summed E-state index contributed by atoms with van der Waals surface area (Å²) in [7, 11) is 0. The van der Waals surface area contributed by atoms with Crippen molar-refractivity contribution in [3.8, 4) is 0 Å². The van der Waals surface area contributed by atoms with Crippen LogP contribution in [-0.4, -0.2) is 11.1 Å². The monoisotopic (exact) mass is 222 g/mol. The first-order valence-electron chi connectivity index (χ1n) is 6.52. The summed E-state index contributed by atoms with van der Waals surface area (Å²) in [5.74, 6) is 0.815. The number of hydrogen-bond donors (Lipinski definition) is 1. The summed E-state index contributed by atoms with van der Waals surface area (Å²) in [6.45, 7) is 11.1. The van der Waals surface area contributed by atoms with Gasteiger partial charge < -0.3 is 9.88 Å². The molecule has 0 aliphatic rings. The second kappa shape index (κ2) is 6.74. The van der Waals surface area contributed by atoms with Crippen LogP contribution in [0.3, 0.4) is 0 Å². The van der Waals surface area contributed by atoms with Crippen LogP contribution in [0.2, 0.25) is 0 Å². The Balaban J connectivity index is 2.39. The zero-order chi connectivity index (χ0) is 12.0. The molecule has 92 valence electrons. The van der Waals surface area contributed by atoms with E-state index in [-0.39, 0.29) is 0 Å². The van der Waals surface area contributed by atoms with Crippen LogP contribution in [0.5, 0.6) is 0 Å². The molecule has 0 spiro atoms. The van der Waals surface area contributed by atoms with Crippen LogP contribution in [-0.2, 0) is 6.54 Å². The van der Waals surface area contributed by atoms with Crippen LogP contribution in [0, 0.1) is 5.92 Å². The van der Waals surface area contributed by atoms with E-state index in [0.717, 1.165) is 19.0 Å². The smallest absolute Gasteiger partial charge is 0.0306 e. The summed E-state index contributed by atoms with van der Waals surface area (Å²) in [6.07, 6.45) is 7.06. The molecule has 1 atom stereocenters. The zero-order valence-electron chi connectivity index (χ0n) is 11.2. The Labute approximate surface area is 100 Å². The van der Waals surface area contributed by atoms with E-state index in [9.17, 15) is 0 Å². The Morgan fingerprint density at radius 2 is 2.06 bits per heavy atom. The highest BCUT2D eigenvalue weighted by Crippen LogP contribution is 2.13. The molecule has 0 saturated carbocycles. The third kappa shape index (κ3) is 4.40. The topological polar surface area (TPSA) is 17.0 Å². The predicted octanol–water partition coefficient (Wildman–Crippen LogP) is 3.59. The van der Waals surface area contributed by atoms with Crippen molar-refractivity contribution >= 4 is 0 Å². The minimum Gasteiger partial charge on any atom is -0.354 e. The first-order valence-corrected chi connectivity index (χ1v) is 6.52. The highest BCUT2D eigenvalue weighted by atomic mass is 15.0. The van der Waals surface area contributed by atoms with Gasteiger partial charge in [-0.25, -0.2) is 0 Å². The maximum absolute atomic E-state index is 3.44. The lowest BCUT2D eigenvalue weighted by Gasteiger charge is -2.10. The third-order valence-corrected chi connectivity index (χ3v) is 2.98. The Morgan fingerprint density at radius 1 is 1.31 bits per heavy atom. The van der Waals surface area contributed by atoms with Gasteiger partial charge in [-0.05, 0) is 43.9 Å². The molecule has 1 unspecified atom stereocenters. The highest BCUT2D eigenvalue weighted by molar-refractivity contribution is 5.14. The highest BCUT2D eigenvalue weighted by Gasteiger charge is 2.05. The summed E-state index contributed by atoms with van der Waals surface area (Å²) in [6, 6.07) is 2.69. The average molecular weight is 222 g/mol. The van der Waals surface area contributed by atoms with Gasteiger partial charge in [0.25, 0.3) is 0 Å². The summed E-state index contributed by atoms with van der Waals surface area (Å²) in [4.78, 5) is 0. The molecule has 0 saturated heterocycles. The van der Waals surface area contributed by atoms with Gasteiger partial charge in [0.15, 0.2) is 0 Å². The molecule has 1 aromatic rings. The molecule has 1 rings (SSSR count). The van der Waals surface area contributed by atoms with Crippen LogP contribution in [0.1, 0.15) is 52.1 Å². The van der Waals surface area contributed by atoms with Crippen LogP contribution in [0.4, 0.5) is 0 Å². The molecular formula is C14H26N2. The number of rotatable bonds is 7. The molecule has 2 heteroatoms. The van der Waals surface area contributed by atoms with Crippen molar-refractivity contribution in [2.45, 2.75) is 53.1 Å². The Bertz CT molecular complexity index is 289. The fourth-order valence-corrected chi connectivity index (χ4v) is 1.96. The number of aromatic nitrogens is 1. The molecule has 1 heterocycles. The van der Waals surface area contributed by atoms with Gasteiger partial charge in [0.2, 0.25) is 0 Å². The van der Waals surface area contributed by atoms with E-state index in [1.165, 1.54) is 18.4 Å². The minimum absolute atomic E-state index is 0.469. The first-order chi connectivity index (χ1) is 7.63. The molecule has 0 bridgehead atoms. The van der Waals surface area contributed by atoms with Crippen LogP contribution >= 0.6 is 0 Å². The van der Waals surface area contributed by atoms with Crippen molar-refractivity contribution in [2.24, 2.45) is 5.92 Å². The lowest BCUT2D eigenvalue weighted by Crippen LogP contribution is -2.17. The van der Waals surface area contributed by atoms with E-state index >= 15 is 0 Å². The van der Waals surface area contributed by atoms with Crippen LogP contribution in [0.25, 0.3) is 0 Å². The van der Waals surface area contributed by atoms with Crippen LogP contribution in [0.15, 0.2) is 18.5 Å². The second-order valence-electron chi connectivity index (χ2n) is 5.00. The number of nitrogens with one attached hydrogen (secondary N) is 1. The number of aryl methyl sites for hydroxylation is 1. The fraction of sp³-hybridized carbons (Fsp3) is 0.714. The zero-order valence-corrected chi connectivity index (χ0v) is 11.2. The maximum atomic E-state index is 3.44. The van der Waals surface area contributed by atoms with Crippen molar-refractivity contribution in [1.29, 1.82) is 0 Å². The number of hydrogen-bond acceptors (Lipinski definition) is 1. The molecule has 0 radical (unpaired) electrons. The minimum atomic E-state index is 0.469. The molecule has 1 aromatic heterocycles. The summed E-state index contributed by atoms with van der Waals surface area (Å²) in [5, 5.41) is 3.44. The van der Waals surface area contributed by atoms with E-state index in [1.807, 2.05) is 0 Å². The molecule has 0 aromatic carbocycles. The second-order valence-corrected chi connectivity index (χ2v) is 5.00. The van der Waals surface area contributed by atoms with Gasteiger partial charge in [-0.3, -0.25) is 0 Å². The molecule has 0 aliphatic heterocycles. The number of nitrogens with zero attached hydrogens (tertiary/aromatic N) is 1. The molecule has 0 amide bonds. The van der Waals surface area contributed by atoms with Crippen molar-refractivity contribution < 1.29 is 0 Å². The van der Waals surface area contributed by atoms with Gasteiger partial charge in [0, 0.05) is 25.0 Å². The van der Waals surface area contributed by atoms with E-state index in [0.29, 0.717) is 6.04 Å². The lowest BCUT2D eigenvalue weighted by atomic mass is 10.1. The van der Waals surface area contributed by atoms with E-state index < -0.39 is 0 Å². The molecule has 0 aliphatic carbocycles. The van der Waals surface area contributed by atoms with Gasteiger partial charge in [0.05, 0.1) is 0 Å². The molecule has 1 N–H and O–H groups in total. The van der Waals surface area contributed by atoms with Gasteiger partial charge >= 0.3 is 0 Å². The van der Waals surface area contributed by atoms with Gasteiger partial charge in [-0.1, -0.05) is 20.8 Å². The normalized spacial score (nSPS) is 13.3. The molecular weight excluding hydrogens is 196 g/mol. The molecule has 2 nitrogen and oxygen atoms in total. The first kappa shape index (κ1) is 13.3. The third-order valence-electron chi connectivity index (χ3n) is 2.98. The van der Waals surface area contributed by atoms with Crippen molar-refractivity contribution in [1.82, 2.24) is 9.88 Å². The standard InChI is InChI=1S/C14H26N2/c1-5-15-13(4)14-8-10-16(11-14)9-6-7-12(2)3/h8,10-13,15H,5-7,9H2,1-4H3. The average Bonchev–Trinajstić information content (AvgIpc) is 2.66. The Hall–Kier alpha value is -0.760. The van der Waals surface area contributed by atoms with Gasteiger partial charge in [-0.2, -0.15) is 0 Å². The Kier molecular flexibility index (Phi) is 5.61. The van der Waals surface area contributed by atoms with Gasteiger partial charge in [-0.15, -0.1) is 0 Å². The van der Waals surface area contributed by atoms with Crippen molar-refractivity contribution in [3.05, 3.63) is 24.0 Å². The van der Waals surface area contributed by atoms with E-state index in [2.05, 4.69) is 56.0 Å². The van der Waals surface area contributed by atoms with Crippen molar-refractivity contribution in [2.75, 3.05) is 6.54 Å². The predicted molar refractivity (Wildman–Crippen MR) is 70.6 cm³/mol. The summed E-state index contributed by atoms with van der Waals surface area (Å²) < 4.78 is 2.31. The summed E-state index contributed by atoms with van der Waals surface area (Å²) in [5.41, 5.74) is 1.39. The largest absolute Gasteiger partial charge is 0.354 e. The lowest BCUT2D eigenvalue weighted by molar-refractivity contribution is 0.511. The van der Waals surface area contributed by atoms with Crippen LogP contribution < -0.4 is 5.32 Å². The summed E-state index contributed by atoms with van der Waals surface area (Å²) >= 11 is 0. The fourth-order valence-electron chi connectivity index (χ4n) is 1.96. The van der Waals surface area contributed by atoms with E-state index in [4.69, 9.17) is 0 Å². The van der Waals surface area contributed by atoms with Crippen molar-refractivity contribution in [3.63, 3.8) is 0 Å². The molecule has 0 fully saturated rings. The Morgan fingerprint density at radius 3 is 2.69 bits per heavy atom. The van der Waals surface area contributed by atoms with E-state index in [1.54, 1.807) is 0 Å². The maximum Gasteiger partial charge on any atom is 0.0306 e.